The highest BCUT2D eigenvalue weighted by Gasteiger charge is 2.38. The molecule has 1 aromatic heterocycles. The van der Waals surface area contributed by atoms with Gasteiger partial charge in [-0.25, -0.2) is 9.18 Å². The number of fused-ring (bicyclic) bond motifs is 1. The number of nitrogens with zero attached hydrogens (tertiary/aromatic N) is 1. The number of Topliss-reactive ketones (excluding diaryl/α,β-unsaturated/α-hetero) is 1. The normalized spacial score (nSPS) is 21.4. The van der Waals surface area contributed by atoms with E-state index in [0.717, 1.165) is 0 Å². The number of halogens is 1. The van der Waals surface area contributed by atoms with Gasteiger partial charge in [-0.2, -0.15) is 0 Å². The summed E-state index contributed by atoms with van der Waals surface area (Å²) in [6, 6.07) is 4.88. The Bertz CT molecular complexity index is 921. The van der Waals surface area contributed by atoms with Crippen LogP contribution in [0.3, 0.4) is 0 Å². The van der Waals surface area contributed by atoms with E-state index in [-0.39, 0.29) is 41.1 Å². The molecule has 2 atom stereocenters. The Morgan fingerprint density at radius 3 is 2.85 bits per heavy atom. The van der Waals surface area contributed by atoms with Crippen molar-refractivity contribution in [1.82, 2.24) is 4.90 Å². The van der Waals surface area contributed by atoms with Crippen LogP contribution in [-0.4, -0.2) is 35.1 Å². The van der Waals surface area contributed by atoms with Crippen LogP contribution in [0, 0.1) is 5.82 Å². The second-order valence-corrected chi connectivity index (χ2v) is 6.92. The second-order valence-electron chi connectivity index (χ2n) is 6.92. The number of amides is 1. The molecule has 0 spiro atoms. The van der Waals surface area contributed by atoms with Gasteiger partial charge in [0.25, 0.3) is 5.91 Å². The number of hydrogen-bond donors (Lipinski definition) is 0. The first-order valence-electron chi connectivity index (χ1n) is 8.89. The Morgan fingerprint density at radius 2 is 2.11 bits per heavy atom. The van der Waals surface area contributed by atoms with E-state index in [1.165, 1.54) is 29.4 Å². The number of furan rings is 1. The molecule has 2 heterocycles. The largest absolute Gasteiger partial charge is 0.459 e. The molecule has 1 amide bonds. The highest BCUT2D eigenvalue weighted by Crippen LogP contribution is 2.40. The number of benzene rings is 1. The molecule has 1 aliphatic heterocycles. The minimum atomic E-state index is -0.766. The van der Waals surface area contributed by atoms with E-state index >= 15 is 0 Å². The van der Waals surface area contributed by atoms with Crippen molar-refractivity contribution in [2.75, 3.05) is 6.54 Å². The van der Waals surface area contributed by atoms with Gasteiger partial charge in [0, 0.05) is 18.5 Å². The summed E-state index contributed by atoms with van der Waals surface area (Å²) in [5.41, 5.74) is 0.429. The minimum absolute atomic E-state index is 0.0584. The van der Waals surface area contributed by atoms with Crippen molar-refractivity contribution >= 4 is 17.7 Å². The molecule has 2 aromatic rings. The highest BCUT2D eigenvalue weighted by molar-refractivity contribution is 6.04. The molecule has 1 saturated heterocycles. The first kappa shape index (κ1) is 17.5. The number of ketones is 1. The highest BCUT2D eigenvalue weighted by atomic mass is 19.1. The lowest BCUT2D eigenvalue weighted by molar-refractivity contribution is -0.138. The van der Waals surface area contributed by atoms with Gasteiger partial charge in [-0.15, -0.1) is 0 Å². The van der Waals surface area contributed by atoms with E-state index in [1.54, 1.807) is 13.0 Å². The number of esters is 1. The van der Waals surface area contributed by atoms with Gasteiger partial charge in [-0.3, -0.25) is 9.59 Å². The number of carbonyl (C=O) groups is 3. The quantitative estimate of drug-likeness (QED) is 0.611. The van der Waals surface area contributed by atoms with Gasteiger partial charge in [0.15, 0.2) is 11.5 Å². The molecule has 1 unspecified atom stereocenters. The molecule has 27 heavy (non-hydrogen) atoms. The smallest absolute Gasteiger partial charge is 0.334 e. The van der Waals surface area contributed by atoms with Crippen LogP contribution >= 0.6 is 0 Å². The molecule has 140 valence electrons. The summed E-state index contributed by atoms with van der Waals surface area (Å²) < 4.78 is 24.7. The van der Waals surface area contributed by atoms with Gasteiger partial charge < -0.3 is 14.1 Å². The van der Waals surface area contributed by atoms with Crippen molar-refractivity contribution < 1.29 is 27.9 Å². The Balaban J connectivity index is 1.58. The Morgan fingerprint density at radius 1 is 1.30 bits per heavy atom. The van der Waals surface area contributed by atoms with E-state index in [2.05, 4.69) is 0 Å². The standard InChI is InChI=1S/C20H18FNO5/c1-11-10-14(23)18-15(7-6-12(21)17(11)18)27-20(25)13-4-2-8-22(13)19(24)16-5-3-9-26-16/h3,5-7,9,11,13H,2,4,8,10H2,1H3/t11?,13-/m0/s1. The average molecular weight is 371 g/mol. The predicted octanol–water partition coefficient (Wildman–Crippen LogP) is 3.32. The maximum Gasteiger partial charge on any atom is 0.334 e. The molecular formula is C20H18FNO5. The van der Waals surface area contributed by atoms with Crippen molar-refractivity contribution in [2.45, 2.75) is 38.1 Å². The lowest BCUT2D eigenvalue weighted by Crippen LogP contribution is -2.42. The summed E-state index contributed by atoms with van der Waals surface area (Å²) in [5, 5.41) is 0. The van der Waals surface area contributed by atoms with Crippen molar-refractivity contribution in [3.8, 4) is 5.75 Å². The third-order valence-electron chi connectivity index (χ3n) is 5.15. The van der Waals surface area contributed by atoms with Crippen LogP contribution in [0.1, 0.15) is 58.6 Å². The fourth-order valence-electron chi connectivity index (χ4n) is 3.88. The van der Waals surface area contributed by atoms with E-state index < -0.39 is 17.8 Å². The number of ether oxygens (including phenoxy) is 1. The lowest BCUT2D eigenvalue weighted by atomic mass is 10.0. The number of carbonyl (C=O) groups excluding carboxylic acids is 3. The molecule has 0 saturated carbocycles. The number of likely N-dealkylation sites (tertiary alicyclic amines) is 1. The van der Waals surface area contributed by atoms with Crippen molar-refractivity contribution in [3.63, 3.8) is 0 Å². The summed E-state index contributed by atoms with van der Waals surface area (Å²) in [6.45, 7) is 2.18. The third kappa shape index (κ3) is 2.93. The van der Waals surface area contributed by atoms with Gasteiger partial charge in [-0.1, -0.05) is 6.92 Å². The van der Waals surface area contributed by atoms with E-state index in [0.29, 0.717) is 24.9 Å². The second kappa shape index (κ2) is 6.64. The van der Waals surface area contributed by atoms with Crippen LogP contribution < -0.4 is 4.74 Å². The van der Waals surface area contributed by atoms with E-state index in [4.69, 9.17) is 9.15 Å². The average Bonchev–Trinajstić information content (AvgIpc) is 3.37. The molecular weight excluding hydrogens is 353 g/mol. The van der Waals surface area contributed by atoms with Gasteiger partial charge in [0.2, 0.25) is 0 Å². The van der Waals surface area contributed by atoms with Crippen molar-refractivity contribution in [2.24, 2.45) is 0 Å². The molecule has 0 N–H and O–H groups in total. The summed E-state index contributed by atoms with van der Waals surface area (Å²) in [5.74, 6) is -1.77. The molecule has 4 rings (SSSR count). The number of rotatable bonds is 3. The Labute approximate surface area is 154 Å². The third-order valence-corrected chi connectivity index (χ3v) is 5.15. The molecule has 1 fully saturated rings. The lowest BCUT2D eigenvalue weighted by Gasteiger charge is -2.22. The summed E-state index contributed by atoms with van der Waals surface area (Å²) in [7, 11) is 0. The Hall–Kier alpha value is -2.96. The molecule has 2 aliphatic rings. The fourth-order valence-corrected chi connectivity index (χ4v) is 3.88. The maximum absolute atomic E-state index is 14.1. The van der Waals surface area contributed by atoms with Crippen LogP contribution in [0.5, 0.6) is 5.75 Å². The molecule has 7 heteroatoms. The first-order valence-corrected chi connectivity index (χ1v) is 8.89. The molecule has 6 nitrogen and oxygen atoms in total. The monoisotopic (exact) mass is 371 g/mol. The maximum atomic E-state index is 14.1. The van der Waals surface area contributed by atoms with Gasteiger partial charge >= 0.3 is 5.97 Å². The van der Waals surface area contributed by atoms with Crippen LogP contribution in [0.15, 0.2) is 34.9 Å². The summed E-state index contributed by atoms with van der Waals surface area (Å²) in [6.07, 6.45) is 2.70. The topological polar surface area (TPSA) is 76.8 Å². The van der Waals surface area contributed by atoms with E-state index in [1.807, 2.05) is 0 Å². The van der Waals surface area contributed by atoms with Crippen molar-refractivity contribution in [1.29, 1.82) is 0 Å². The fraction of sp³-hybridized carbons (Fsp3) is 0.350. The molecule has 0 bridgehead atoms. The van der Waals surface area contributed by atoms with Gasteiger partial charge in [0.1, 0.15) is 17.6 Å². The number of hydrogen-bond acceptors (Lipinski definition) is 5. The van der Waals surface area contributed by atoms with Crippen LogP contribution in [0.2, 0.25) is 0 Å². The SMILES string of the molecule is CC1CC(=O)c2c(OC(=O)[C@@H]3CCCN3C(=O)c3ccco3)ccc(F)c21. The zero-order chi connectivity index (χ0) is 19.1. The summed E-state index contributed by atoms with van der Waals surface area (Å²) in [4.78, 5) is 38.9. The minimum Gasteiger partial charge on any atom is -0.459 e. The van der Waals surface area contributed by atoms with Gasteiger partial charge in [0.05, 0.1) is 11.8 Å². The first-order chi connectivity index (χ1) is 13.0. The van der Waals surface area contributed by atoms with Crippen LogP contribution in [0.25, 0.3) is 0 Å². The van der Waals surface area contributed by atoms with Gasteiger partial charge in [-0.05, 0) is 43.0 Å². The summed E-state index contributed by atoms with van der Waals surface area (Å²) >= 11 is 0. The van der Waals surface area contributed by atoms with E-state index in [9.17, 15) is 18.8 Å². The molecule has 1 aliphatic carbocycles. The Kier molecular flexibility index (Phi) is 4.30. The zero-order valence-electron chi connectivity index (χ0n) is 14.7. The predicted molar refractivity (Wildman–Crippen MR) is 92.2 cm³/mol. The van der Waals surface area contributed by atoms with Crippen LogP contribution in [-0.2, 0) is 4.79 Å². The van der Waals surface area contributed by atoms with Crippen LogP contribution in [0.4, 0.5) is 4.39 Å². The molecule has 0 radical (unpaired) electrons. The van der Waals surface area contributed by atoms with Crippen molar-refractivity contribution in [3.05, 3.63) is 53.2 Å². The molecule has 1 aromatic carbocycles. The zero-order valence-corrected chi connectivity index (χ0v) is 14.7.